The third-order valence-electron chi connectivity index (χ3n) is 4.72. The van der Waals surface area contributed by atoms with E-state index in [2.05, 4.69) is 0 Å². The fraction of sp³-hybridized carbons (Fsp3) is 0.938. The van der Waals surface area contributed by atoms with E-state index in [9.17, 15) is 4.79 Å². The first-order valence-electron chi connectivity index (χ1n) is 8.01. The molecule has 4 nitrogen and oxygen atoms in total. The number of methoxy groups -OCH3 is 1. The summed E-state index contributed by atoms with van der Waals surface area (Å²) < 4.78 is 16.4. The lowest BCUT2D eigenvalue weighted by molar-refractivity contribution is -0.168. The molecule has 2 aliphatic carbocycles. The van der Waals surface area contributed by atoms with Gasteiger partial charge in [0.25, 0.3) is 0 Å². The number of ether oxygens (including phenoxy) is 3. The van der Waals surface area contributed by atoms with Gasteiger partial charge in [-0.15, -0.1) is 0 Å². The Balaban J connectivity index is 1.64. The van der Waals surface area contributed by atoms with Crippen LogP contribution in [0.25, 0.3) is 0 Å². The Morgan fingerprint density at radius 2 is 1.80 bits per heavy atom. The first kappa shape index (κ1) is 15.9. The molecular weight excluding hydrogens is 256 g/mol. The minimum atomic E-state index is -0.132. The van der Waals surface area contributed by atoms with Crippen LogP contribution >= 0.6 is 0 Å². The van der Waals surface area contributed by atoms with Crippen LogP contribution in [-0.4, -0.2) is 45.4 Å². The molecule has 2 rings (SSSR count). The molecule has 0 amide bonds. The smallest absolute Gasteiger partial charge is 0.144 e. The quantitative estimate of drug-likeness (QED) is 0.643. The van der Waals surface area contributed by atoms with Crippen molar-refractivity contribution in [2.75, 3.05) is 33.5 Å². The summed E-state index contributed by atoms with van der Waals surface area (Å²) in [7, 11) is 1.70. The molecule has 0 saturated heterocycles. The zero-order valence-electron chi connectivity index (χ0n) is 12.7. The molecule has 0 N–H and O–H groups in total. The first-order chi connectivity index (χ1) is 9.79. The maximum Gasteiger partial charge on any atom is 0.144 e. The molecule has 0 aromatic heterocycles. The highest BCUT2D eigenvalue weighted by Crippen LogP contribution is 2.49. The van der Waals surface area contributed by atoms with Gasteiger partial charge in [-0.3, -0.25) is 4.79 Å². The summed E-state index contributed by atoms with van der Waals surface area (Å²) in [5.74, 6) is 0.436. The van der Waals surface area contributed by atoms with E-state index in [0.29, 0.717) is 32.0 Å². The number of hydrogen-bond acceptors (Lipinski definition) is 4. The lowest BCUT2D eigenvalue weighted by Gasteiger charge is -2.47. The summed E-state index contributed by atoms with van der Waals surface area (Å²) in [4.78, 5) is 12.1. The molecule has 0 aliphatic heterocycles. The van der Waals surface area contributed by atoms with Gasteiger partial charge in [-0.2, -0.15) is 0 Å². The summed E-state index contributed by atoms with van der Waals surface area (Å²) in [5.41, 5.74) is -0.132. The van der Waals surface area contributed by atoms with Crippen molar-refractivity contribution < 1.29 is 19.0 Å². The van der Waals surface area contributed by atoms with Gasteiger partial charge in [-0.25, -0.2) is 0 Å². The second-order valence-corrected chi connectivity index (χ2v) is 6.02. The average Bonchev–Trinajstić information content (AvgIpc) is 2.73. The molecule has 2 saturated carbocycles. The SMILES string of the molecule is COCCCOCCOC1CC(=O)C12CCCCCC2. The highest BCUT2D eigenvalue weighted by Gasteiger charge is 2.54. The second-order valence-electron chi connectivity index (χ2n) is 6.02. The van der Waals surface area contributed by atoms with E-state index >= 15 is 0 Å². The molecule has 2 fully saturated rings. The van der Waals surface area contributed by atoms with Gasteiger partial charge in [0.15, 0.2) is 0 Å². The Hall–Kier alpha value is -0.450. The number of rotatable bonds is 8. The van der Waals surface area contributed by atoms with E-state index in [4.69, 9.17) is 14.2 Å². The normalized spacial score (nSPS) is 25.4. The Labute approximate surface area is 122 Å². The van der Waals surface area contributed by atoms with Crippen LogP contribution in [0.1, 0.15) is 51.4 Å². The zero-order chi connectivity index (χ0) is 14.3. The number of ketones is 1. The van der Waals surface area contributed by atoms with Gasteiger partial charge in [-0.1, -0.05) is 25.7 Å². The van der Waals surface area contributed by atoms with E-state index in [1.807, 2.05) is 0 Å². The standard InChI is InChI=1S/C16H28O4/c1-18-9-6-10-19-11-12-20-15-13-14(17)16(15)7-4-2-3-5-8-16/h15H,2-13H2,1H3. The van der Waals surface area contributed by atoms with Crippen LogP contribution in [0.15, 0.2) is 0 Å². The van der Waals surface area contributed by atoms with Crippen LogP contribution in [0.2, 0.25) is 0 Å². The van der Waals surface area contributed by atoms with E-state index < -0.39 is 0 Å². The predicted molar refractivity (Wildman–Crippen MR) is 76.8 cm³/mol. The highest BCUT2D eigenvalue weighted by atomic mass is 16.5. The number of carbonyl (C=O) groups excluding carboxylic acids is 1. The fourth-order valence-electron chi connectivity index (χ4n) is 3.45. The predicted octanol–water partition coefficient (Wildman–Crippen LogP) is 2.74. The van der Waals surface area contributed by atoms with E-state index in [0.717, 1.165) is 25.9 Å². The van der Waals surface area contributed by atoms with Gasteiger partial charge < -0.3 is 14.2 Å². The summed E-state index contributed by atoms with van der Waals surface area (Å²) in [6.45, 7) is 2.67. The number of Topliss-reactive ketones (excluding diaryl/α,β-unsaturated/α-hetero) is 1. The molecule has 0 heterocycles. The Bertz CT molecular complexity index is 295. The van der Waals surface area contributed by atoms with Crippen LogP contribution in [0.5, 0.6) is 0 Å². The first-order valence-corrected chi connectivity index (χ1v) is 8.01. The van der Waals surface area contributed by atoms with Gasteiger partial charge in [0.1, 0.15) is 5.78 Å². The van der Waals surface area contributed by atoms with Gasteiger partial charge in [0, 0.05) is 26.7 Å². The molecule has 1 atom stereocenters. The topological polar surface area (TPSA) is 44.8 Å². The van der Waals surface area contributed by atoms with Crippen molar-refractivity contribution in [1.82, 2.24) is 0 Å². The molecule has 0 radical (unpaired) electrons. The number of carbonyl (C=O) groups is 1. The van der Waals surface area contributed by atoms with Crippen molar-refractivity contribution in [3.63, 3.8) is 0 Å². The van der Waals surface area contributed by atoms with Crippen molar-refractivity contribution in [3.05, 3.63) is 0 Å². The average molecular weight is 284 g/mol. The summed E-state index contributed by atoms with van der Waals surface area (Å²) in [5, 5.41) is 0. The summed E-state index contributed by atoms with van der Waals surface area (Å²) >= 11 is 0. The van der Waals surface area contributed by atoms with E-state index in [-0.39, 0.29) is 11.5 Å². The lowest BCUT2D eigenvalue weighted by atomic mass is 9.60. The van der Waals surface area contributed by atoms with E-state index in [1.54, 1.807) is 7.11 Å². The number of hydrogen-bond donors (Lipinski definition) is 0. The molecule has 0 aromatic carbocycles. The van der Waals surface area contributed by atoms with Gasteiger partial charge >= 0.3 is 0 Å². The summed E-state index contributed by atoms with van der Waals surface area (Å²) in [6, 6.07) is 0. The van der Waals surface area contributed by atoms with Crippen LogP contribution in [0, 0.1) is 5.41 Å². The maximum absolute atomic E-state index is 12.1. The molecule has 116 valence electrons. The monoisotopic (exact) mass is 284 g/mol. The van der Waals surface area contributed by atoms with Gasteiger partial charge in [0.2, 0.25) is 0 Å². The third-order valence-corrected chi connectivity index (χ3v) is 4.72. The Morgan fingerprint density at radius 3 is 2.45 bits per heavy atom. The van der Waals surface area contributed by atoms with Gasteiger partial charge in [0.05, 0.1) is 24.7 Å². The largest absolute Gasteiger partial charge is 0.385 e. The lowest BCUT2D eigenvalue weighted by Crippen LogP contribution is -2.55. The van der Waals surface area contributed by atoms with Crippen molar-refractivity contribution >= 4 is 5.78 Å². The van der Waals surface area contributed by atoms with Crippen molar-refractivity contribution in [3.8, 4) is 0 Å². The minimum Gasteiger partial charge on any atom is -0.385 e. The van der Waals surface area contributed by atoms with Crippen molar-refractivity contribution in [2.45, 2.75) is 57.5 Å². The van der Waals surface area contributed by atoms with Gasteiger partial charge in [-0.05, 0) is 19.3 Å². The second kappa shape index (κ2) is 8.11. The summed E-state index contributed by atoms with van der Waals surface area (Å²) in [6.07, 6.45) is 8.64. The highest BCUT2D eigenvalue weighted by molar-refractivity contribution is 5.92. The van der Waals surface area contributed by atoms with Crippen LogP contribution in [0.4, 0.5) is 0 Å². The van der Waals surface area contributed by atoms with Crippen LogP contribution in [-0.2, 0) is 19.0 Å². The molecular formula is C16H28O4. The molecule has 4 heteroatoms. The Morgan fingerprint density at radius 1 is 1.05 bits per heavy atom. The van der Waals surface area contributed by atoms with Crippen molar-refractivity contribution in [2.24, 2.45) is 5.41 Å². The van der Waals surface area contributed by atoms with E-state index in [1.165, 1.54) is 25.7 Å². The van der Waals surface area contributed by atoms with Crippen molar-refractivity contribution in [1.29, 1.82) is 0 Å². The van der Waals surface area contributed by atoms with Crippen LogP contribution in [0.3, 0.4) is 0 Å². The minimum absolute atomic E-state index is 0.132. The molecule has 1 spiro atoms. The molecule has 2 aliphatic rings. The zero-order valence-corrected chi connectivity index (χ0v) is 12.7. The third kappa shape index (κ3) is 3.80. The Kier molecular flexibility index (Phi) is 6.46. The molecule has 1 unspecified atom stereocenters. The molecule has 20 heavy (non-hydrogen) atoms. The molecule has 0 bridgehead atoms. The maximum atomic E-state index is 12.1. The fourth-order valence-corrected chi connectivity index (χ4v) is 3.45. The molecule has 0 aromatic rings. The van der Waals surface area contributed by atoms with Crippen LogP contribution < -0.4 is 0 Å².